The summed E-state index contributed by atoms with van der Waals surface area (Å²) < 4.78 is 47.1. The molecule has 2 aromatic carbocycles. The van der Waals surface area contributed by atoms with Crippen molar-refractivity contribution in [3.63, 3.8) is 0 Å². The van der Waals surface area contributed by atoms with Crippen LogP contribution in [-0.2, 0) is 6.18 Å². The highest BCUT2D eigenvalue weighted by atomic mass is 32.1. The Morgan fingerprint density at radius 3 is 2.42 bits per heavy atom. The Morgan fingerprint density at radius 1 is 1.03 bits per heavy atom. The molecule has 38 heavy (non-hydrogen) atoms. The average molecular weight is 541 g/mol. The van der Waals surface area contributed by atoms with Gasteiger partial charge in [-0.25, -0.2) is 4.98 Å². The lowest BCUT2D eigenvalue weighted by molar-refractivity contribution is -0.141. The van der Waals surface area contributed by atoms with Crippen LogP contribution in [0.25, 0.3) is 10.6 Å². The van der Waals surface area contributed by atoms with Gasteiger partial charge in [0.25, 0.3) is 5.91 Å². The molecule has 0 saturated carbocycles. The van der Waals surface area contributed by atoms with Gasteiger partial charge in [-0.1, -0.05) is 37.3 Å². The SMILES string of the molecule is CCN[C@H](c1ccncc1)c1cccc(-c2nc(C(F)(F)F)c(C(=O)NC(C)c3cccc(OC)c3)s2)c1. The molecule has 2 atom stereocenters. The van der Waals surface area contributed by atoms with Crippen molar-refractivity contribution in [3.8, 4) is 16.3 Å². The molecular formula is C28H27F3N4O2S. The molecule has 0 fully saturated rings. The Kier molecular flexibility index (Phi) is 8.43. The summed E-state index contributed by atoms with van der Waals surface area (Å²) in [6.07, 6.45) is -1.41. The van der Waals surface area contributed by atoms with Gasteiger partial charge in [0.1, 0.15) is 15.6 Å². The lowest BCUT2D eigenvalue weighted by Gasteiger charge is -2.19. The number of amides is 1. The summed E-state index contributed by atoms with van der Waals surface area (Å²) in [5.74, 6) is -0.253. The highest BCUT2D eigenvalue weighted by Gasteiger charge is 2.40. The molecule has 1 unspecified atom stereocenters. The van der Waals surface area contributed by atoms with Crippen LogP contribution in [0.1, 0.15) is 58.0 Å². The minimum Gasteiger partial charge on any atom is -0.497 e. The topological polar surface area (TPSA) is 76.1 Å². The molecular weight excluding hydrogens is 513 g/mol. The third-order valence-corrected chi connectivity index (χ3v) is 7.06. The quantitative estimate of drug-likeness (QED) is 0.256. The highest BCUT2D eigenvalue weighted by Crippen LogP contribution is 2.38. The van der Waals surface area contributed by atoms with Gasteiger partial charge in [-0.15, -0.1) is 11.3 Å². The number of carbonyl (C=O) groups excluding carboxylic acids is 1. The summed E-state index contributed by atoms with van der Waals surface area (Å²) in [6, 6.07) is 17.2. The van der Waals surface area contributed by atoms with E-state index >= 15 is 0 Å². The summed E-state index contributed by atoms with van der Waals surface area (Å²) in [5.41, 5.74) is 1.83. The molecule has 2 heterocycles. The minimum absolute atomic E-state index is 0.114. The van der Waals surface area contributed by atoms with Crippen LogP contribution < -0.4 is 15.4 Å². The zero-order valence-corrected chi connectivity index (χ0v) is 21.9. The van der Waals surface area contributed by atoms with E-state index in [9.17, 15) is 18.0 Å². The van der Waals surface area contributed by atoms with Gasteiger partial charge in [0.05, 0.1) is 19.2 Å². The molecule has 0 spiro atoms. The Bertz CT molecular complexity index is 1390. The predicted molar refractivity (Wildman–Crippen MR) is 141 cm³/mol. The van der Waals surface area contributed by atoms with E-state index in [4.69, 9.17) is 4.74 Å². The van der Waals surface area contributed by atoms with E-state index in [0.717, 1.165) is 22.5 Å². The van der Waals surface area contributed by atoms with E-state index in [1.807, 2.05) is 25.1 Å². The molecule has 2 N–H and O–H groups in total. The molecule has 0 saturated heterocycles. The van der Waals surface area contributed by atoms with Crippen molar-refractivity contribution >= 4 is 17.2 Å². The van der Waals surface area contributed by atoms with Gasteiger partial charge in [-0.2, -0.15) is 13.2 Å². The minimum atomic E-state index is -4.79. The van der Waals surface area contributed by atoms with Crippen LogP contribution in [0.5, 0.6) is 5.75 Å². The molecule has 2 aromatic heterocycles. The third-order valence-electron chi connectivity index (χ3n) is 5.96. The molecule has 0 aliphatic carbocycles. The number of pyridine rings is 1. The maximum Gasteiger partial charge on any atom is 0.435 e. The second-order valence-corrected chi connectivity index (χ2v) is 9.56. The van der Waals surface area contributed by atoms with E-state index in [0.29, 0.717) is 23.4 Å². The van der Waals surface area contributed by atoms with Crippen molar-refractivity contribution in [3.05, 3.63) is 100 Å². The summed E-state index contributed by atoms with van der Waals surface area (Å²) in [4.78, 5) is 20.5. The van der Waals surface area contributed by atoms with Crippen molar-refractivity contribution in [2.75, 3.05) is 13.7 Å². The molecule has 198 valence electrons. The van der Waals surface area contributed by atoms with Crippen molar-refractivity contribution in [1.82, 2.24) is 20.6 Å². The molecule has 4 aromatic rings. The van der Waals surface area contributed by atoms with Gasteiger partial charge in [0, 0.05) is 18.0 Å². The van der Waals surface area contributed by atoms with Gasteiger partial charge < -0.3 is 15.4 Å². The monoisotopic (exact) mass is 540 g/mol. The Morgan fingerprint density at radius 2 is 1.74 bits per heavy atom. The predicted octanol–water partition coefficient (Wildman–Crippen LogP) is 6.42. The first-order chi connectivity index (χ1) is 18.2. The number of ether oxygens (including phenoxy) is 1. The number of nitrogens with zero attached hydrogens (tertiary/aromatic N) is 2. The fourth-order valence-corrected chi connectivity index (χ4v) is 5.07. The van der Waals surface area contributed by atoms with Crippen LogP contribution in [0.4, 0.5) is 13.2 Å². The number of hydrogen-bond donors (Lipinski definition) is 2. The zero-order chi connectivity index (χ0) is 27.3. The number of hydrogen-bond acceptors (Lipinski definition) is 6. The van der Waals surface area contributed by atoms with Crippen LogP contribution in [0, 0.1) is 0 Å². The molecule has 0 bridgehead atoms. The number of alkyl halides is 3. The number of methoxy groups -OCH3 is 1. The molecule has 0 aliphatic heterocycles. The number of halogens is 3. The third kappa shape index (κ3) is 6.20. The largest absolute Gasteiger partial charge is 0.497 e. The van der Waals surface area contributed by atoms with Gasteiger partial charge in [0.15, 0.2) is 5.69 Å². The maximum absolute atomic E-state index is 14.0. The van der Waals surface area contributed by atoms with Crippen molar-refractivity contribution < 1.29 is 22.7 Å². The van der Waals surface area contributed by atoms with Crippen LogP contribution >= 0.6 is 11.3 Å². The normalized spacial score (nSPS) is 13.1. The first kappa shape index (κ1) is 27.3. The van der Waals surface area contributed by atoms with E-state index in [2.05, 4.69) is 20.6 Å². The van der Waals surface area contributed by atoms with E-state index in [-0.39, 0.29) is 11.0 Å². The molecule has 6 nitrogen and oxygen atoms in total. The fraction of sp³-hybridized carbons (Fsp3) is 0.250. The Labute approximate surface area is 222 Å². The molecule has 4 rings (SSSR count). The van der Waals surface area contributed by atoms with Crippen molar-refractivity contribution in [2.45, 2.75) is 32.1 Å². The number of rotatable bonds is 9. The first-order valence-electron chi connectivity index (χ1n) is 12.0. The van der Waals surface area contributed by atoms with E-state index < -0.39 is 28.7 Å². The second-order valence-electron chi connectivity index (χ2n) is 8.56. The highest BCUT2D eigenvalue weighted by molar-refractivity contribution is 7.17. The van der Waals surface area contributed by atoms with Crippen LogP contribution in [0.2, 0.25) is 0 Å². The molecule has 0 radical (unpaired) electrons. The molecule has 10 heteroatoms. The van der Waals surface area contributed by atoms with Gasteiger partial charge in [0.2, 0.25) is 0 Å². The van der Waals surface area contributed by atoms with Gasteiger partial charge in [-0.05, 0) is 60.5 Å². The number of nitrogens with one attached hydrogen (secondary N) is 2. The van der Waals surface area contributed by atoms with E-state index in [1.54, 1.807) is 61.8 Å². The lowest BCUT2D eigenvalue weighted by atomic mass is 9.98. The number of thiazole rings is 1. The van der Waals surface area contributed by atoms with E-state index in [1.165, 1.54) is 7.11 Å². The van der Waals surface area contributed by atoms with Crippen LogP contribution in [0.15, 0.2) is 73.1 Å². The average Bonchev–Trinajstić information content (AvgIpc) is 3.39. The van der Waals surface area contributed by atoms with Crippen molar-refractivity contribution in [2.24, 2.45) is 0 Å². The van der Waals surface area contributed by atoms with Crippen LogP contribution in [-0.4, -0.2) is 29.5 Å². The van der Waals surface area contributed by atoms with Gasteiger partial charge in [-0.3, -0.25) is 9.78 Å². The molecule has 1 amide bonds. The molecule has 0 aliphatic rings. The summed E-state index contributed by atoms with van der Waals surface area (Å²) in [7, 11) is 1.52. The first-order valence-corrected chi connectivity index (χ1v) is 12.8. The van der Waals surface area contributed by atoms with Crippen LogP contribution in [0.3, 0.4) is 0 Å². The number of aromatic nitrogens is 2. The summed E-state index contributed by atoms with van der Waals surface area (Å²) >= 11 is 0.724. The zero-order valence-electron chi connectivity index (χ0n) is 21.0. The Balaban J connectivity index is 1.67. The Hall–Kier alpha value is -3.76. The standard InChI is InChI=1S/C28H27F3N4O2S/c1-4-33-23(18-11-13-32-14-12-18)20-8-5-9-21(15-20)27-35-25(28(29,30)31)24(38-27)26(36)34-17(2)19-7-6-10-22(16-19)37-3/h5-17,23,33H,4H2,1-3H3,(H,34,36)/t17?,23-/m1/s1. The number of carbonyl (C=O) groups is 1. The lowest BCUT2D eigenvalue weighted by Crippen LogP contribution is -2.28. The smallest absolute Gasteiger partial charge is 0.435 e. The summed E-state index contributed by atoms with van der Waals surface area (Å²) in [5, 5.41) is 6.18. The fourth-order valence-electron chi connectivity index (χ4n) is 4.09. The number of benzene rings is 2. The van der Waals surface area contributed by atoms with Gasteiger partial charge >= 0.3 is 6.18 Å². The maximum atomic E-state index is 14.0. The summed E-state index contributed by atoms with van der Waals surface area (Å²) in [6.45, 7) is 4.36. The second kappa shape index (κ2) is 11.7. The van der Waals surface area contributed by atoms with Crippen molar-refractivity contribution in [1.29, 1.82) is 0 Å².